The Labute approximate surface area is 116 Å². The highest BCUT2D eigenvalue weighted by Crippen LogP contribution is 2.47. The molecule has 110 valence electrons. The monoisotopic (exact) mass is 284 g/mol. The molecule has 5 heteroatoms. The maximum Gasteiger partial charge on any atom is 0.303 e. The quantitative estimate of drug-likeness (QED) is 0.871. The van der Waals surface area contributed by atoms with Crippen molar-refractivity contribution in [3.05, 3.63) is 35.4 Å². The Kier molecular flexibility index (Phi) is 4.38. The summed E-state index contributed by atoms with van der Waals surface area (Å²) in [5.74, 6) is -2.19. The molecule has 2 rings (SSSR count). The predicted molar refractivity (Wildman–Crippen MR) is 69.1 cm³/mol. The van der Waals surface area contributed by atoms with E-state index in [-0.39, 0.29) is 18.4 Å². The van der Waals surface area contributed by atoms with E-state index < -0.39 is 29.1 Å². The van der Waals surface area contributed by atoms with Crippen molar-refractivity contribution in [2.24, 2.45) is 5.41 Å². The van der Waals surface area contributed by atoms with Crippen molar-refractivity contribution in [3.63, 3.8) is 0 Å². The molecular formula is C15H18F2O3. The summed E-state index contributed by atoms with van der Waals surface area (Å²) in [6, 6.07) is 2.95. The van der Waals surface area contributed by atoms with Crippen LogP contribution >= 0.6 is 0 Å². The van der Waals surface area contributed by atoms with Crippen LogP contribution in [0.25, 0.3) is 0 Å². The van der Waals surface area contributed by atoms with Crippen LogP contribution in [0.1, 0.15) is 50.2 Å². The third-order valence-corrected chi connectivity index (χ3v) is 4.13. The Morgan fingerprint density at radius 1 is 1.30 bits per heavy atom. The molecule has 1 saturated carbocycles. The molecule has 1 fully saturated rings. The summed E-state index contributed by atoms with van der Waals surface area (Å²) in [5, 5.41) is 19.2. The highest BCUT2D eigenvalue weighted by atomic mass is 19.1. The number of aliphatic carboxylic acids is 1. The second kappa shape index (κ2) is 5.87. The Morgan fingerprint density at radius 3 is 2.55 bits per heavy atom. The summed E-state index contributed by atoms with van der Waals surface area (Å²) in [6.07, 6.45) is 2.15. The average molecular weight is 284 g/mol. The molecule has 1 aliphatic carbocycles. The predicted octanol–water partition coefficient (Wildman–Crippen LogP) is 3.42. The maximum atomic E-state index is 13.6. The van der Waals surface area contributed by atoms with Crippen LogP contribution in [0.3, 0.4) is 0 Å². The summed E-state index contributed by atoms with van der Waals surface area (Å²) in [7, 11) is 0. The second-order valence-corrected chi connectivity index (χ2v) is 5.66. The maximum absolute atomic E-state index is 13.6. The molecule has 0 saturated heterocycles. The number of benzene rings is 1. The third kappa shape index (κ3) is 3.33. The molecule has 0 spiro atoms. The van der Waals surface area contributed by atoms with E-state index in [4.69, 9.17) is 5.11 Å². The Bertz CT molecular complexity index is 496. The largest absolute Gasteiger partial charge is 0.481 e. The van der Waals surface area contributed by atoms with Gasteiger partial charge in [0.1, 0.15) is 11.6 Å². The van der Waals surface area contributed by atoms with Gasteiger partial charge >= 0.3 is 5.97 Å². The fourth-order valence-corrected chi connectivity index (χ4v) is 3.19. The van der Waals surface area contributed by atoms with Crippen LogP contribution in [0.15, 0.2) is 18.2 Å². The molecule has 0 amide bonds. The minimum absolute atomic E-state index is 0.0407. The fourth-order valence-electron chi connectivity index (χ4n) is 3.19. The van der Waals surface area contributed by atoms with E-state index in [0.717, 1.165) is 31.0 Å². The molecule has 0 heterocycles. The molecule has 1 aromatic rings. The zero-order valence-electron chi connectivity index (χ0n) is 11.1. The SMILES string of the molecule is O=C(O)CC1(CC(O)c2cc(F)ccc2F)CCCC1. The van der Waals surface area contributed by atoms with Crippen LogP contribution < -0.4 is 0 Å². The van der Waals surface area contributed by atoms with E-state index in [2.05, 4.69) is 0 Å². The number of hydrogen-bond donors (Lipinski definition) is 2. The number of carboxylic acid groups (broad SMARTS) is 1. The van der Waals surface area contributed by atoms with Gasteiger partial charge in [0.2, 0.25) is 0 Å². The molecule has 0 aliphatic heterocycles. The fraction of sp³-hybridized carbons (Fsp3) is 0.533. The highest BCUT2D eigenvalue weighted by Gasteiger charge is 2.38. The van der Waals surface area contributed by atoms with Crippen LogP contribution in [-0.2, 0) is 4.79 Å². The first-order valence-corrected chi connectivity index (χ1v) is 6.77. The lowest BCUT2D eigenvalue weighted by Gasteiger charge is -2.30. The van der Waals surface area contributed by atoms with Gasteiger partial charge in [0.15, 0.2) is 0 Å². The van der Waals surface area contributed by atoms with E-state index in [1.165, 1.54) is 0 Å². The number of halogens is 2. The van der Waals surface area contributed by atoms with Gasteiger partial charge in [0.05, 0.1) is 12.5 Å². The summed E-state index contributed by atoms with van der Waals surface area (Å²) in [5.41, 5.74) is -0.606. The van der Waals surface area contributed by atoms with Gasteiger partial charge in [-0.05, 0) is 42.9 Å². The van der Waals surface area contributed by atoms with E-state index >= 15 is 0 Å². The molecule has 0 bridgehead atoms. The lowest BCUT2D eigenvalue weighted by Crippen LogP contribution is -2.24. The Balaban J connectivity index is 2.18. The zero-order valence-corrected chi connectivity index (χ0v) is 11.1. The number of carbonyl (C=O) groups is 1. The molecular weight excluding hydrogens is 266 g/mol. The molecule has 1 atom stereocenters. The topological polar surface area (TPSA) is 57.5 Å². The van der Waals surface area contributed by atoms with Gasteiger partial charge in [-0.2, -0.15) is 0 Å². The van der Waals surface area contributed by atoms with Gasteiger partial charge in [0, 0.05) is 5.56 Å². The number of carboxylic acids is 1. The summed E-state index contributed by atoms with van der Waals surface area (Å²) in [4.78, 5) is 11.0. The van der Waals surface area contributed by atoms with Crippen LogP contribution in [0.2, 0.25) is 0 Å². The normalized spacial score (nSPS) is 18.9. The third-order valence-electron chi connectivity index (χ3n) is 4.13. The standard InChI is InChI=1S/C15H18F2O3/c16-10-3-4-12(17)11(7-10)13(18)8-15(9-14(19)20)5-1-2-6-15/h3-4,7,13,18H,1-2,5-6,8-9H2,(H,19,20). The van der Waals surface area contributed by atoms with Gasteiger partial charge in [-0.1, -0.05) is 12.8 Å². The molecule has 0 aromatic heterocycles. The van der Waals surface area contributed by atoms with E-state index in [1.807, 2.05) is 0 Å². The number of hydrogen-bond acceptors (Lipinski definition) is 2. The summed E-state index contributed by atoms with van der Waals surface area (Å²) >= 11 is 0. The van der Waals surface area contributed by atoms with E-state index in [1.54, 1.807) is 0 Å². The molecule has 1 aromatic carbocycles. The molecule has 20 heavy (non-hydrogen) atoms. The Hall–Kier alpha value is -1.49. The van der Waals surface area contributed by atoms with Crippen molar-refractivity contribution in [1.82, 2.24) is 0 Å². The lowest BCUT2D eigenvalue weighted by molar-refractivity contribution is -0.140. The van der Waals surface area contributed by atoms with Gasteiger partial charge in [0.25, 0.3) is 0 Å². The summed E-state index contributed by atoms with van der Waals surface area (Å²) < 4.78 is 26.8. The highest BCUT2D eigenvalue weighted by molar-refractivity contribution is 5.67. The van der Waals surface area contributed by atoms with Gasteiger partial charge in [-0.15, -0.1) is 0 Å². The first kappa shape index (κ1) is 14.9. The number of rotatable bonds is 5. The smallest absolute Gasteiger partial charge is 0.303 e. The zero-order chi connectivity index (χ0) is 14.8. The second-order valence-electron chi connectivity index (χ2n) is 5.66. The van der Waals surface area contributed by atoms with Crippen LogP contribution in [0.4, 0.5) is 8.78 Å². The lowest BCUT2D eigenvalue weighted by atomic mass is 9.76. The first-order valence-electron chi connectivity index (χ1n) is 6.77. The molecule has 1 unspecified atom stereocenters. The minimum Gasteiger partial charge on any atom is -0.481 e. The van der Waals surface area contributed by atoms with E-state index in [9.17, 15) is 18.7 Å². The van der Waals surface area contributed by atoms with Gasteiger partial charge in [-0.3, -0.25) is 4.79 Å². The van der Waals surface area contributed by atoms with Crippen molar-refractivity contribution >= 4 is 5.97 Å². The van der Waals surface area contributed by atoms with Crippen molar-refractivity contribution in [1.29, 1.82) is 0 Å². The molecule has 2 N–H and O–H groups in total. The Morgan fingerprint density at radius 2 is 1.95 bits per heavy atom. The number of aliphatic hydroxyl groups excluding tert-OH is 1. The van der Waals surface area contributed by atoms with Crippen LogP contribution in [0, 0.1) is 17.0 Å². The van der Waals surface area contributed by atoms with Crippen LogP contribution in [0.5, 0.6) is 0 Å². The molecule has 3 nitrogen and oxygen atoms in total. The van der Waals surface area contributed by atoms with E-state index in [0.29, 0.717) is 12.8 Å². The van der Waals surface area contributed by atoms with Gasteiger partial charge < -0.3 is 10.2 Å². The first-order chi connectivity index (χ1) is 9.42. The van der Waals surface area contributed by atoms with Crippen molar-refractivity contribution < 1.29 is 23.8 Å². The minimum atomic E-state index is -1.18. The molecule has 1 aliphatic rings. The van der Waals surface area contributed by atoms with Crippen molar-refractivity contribution in [3.8, 4) is 0 Å². The average Bonchev–Trinajstić information content (AvgIpc) is 2.79. The summed E-state index contributed by atoms with van der Waals surface area (Å²) in [6.45, 7) is 0. The van der Waals surface area contributed by atoms with Crippen molar-refractivity contribution in [2.45, 2.75) is 44.6 Å². The van der Waals surface area contributed by atoms with Crippen molar-refractivity contribution in [2.75, 3.05) is 0 Å². The van der Waals surface area contributed by atoms with Crippen LogP contribution in [-0.4, -0.2) is 16.2 Å². The van der Waals surface area contributed by atoms with Gasteiger partial charge in [-0.25, -0.2) is 8.78 Å². The molecule has 0 radical (unpaired) electrons. The number of aliphatic hydroxyl groups is 1.